The smallest absolute Gasteiger partial charge is 0.326 e. The van der Waals surface area contributed by atoms with E-state index in [2.05, 4.69) is 6.07 Å². The Balaban J connectivity index is 2.93. The number of nitrogens with two attached hydrogens (primary N) is 1. The maximum absolute atomic E-state index is 11.9. The van der Waals surface area contributed by atoms with E-state index in [4.69, 9.17) is 5.73 Å². The van der Waals surface area contributed by atoms with Crippen LogP contribution in [-0.2, 0) is 12.7 Å². The Morgan fingerprint density at radius 1 is 1.25 bits per heavy atom. The monoisotopic (exact) mass is 173 g/mol. The quantitative estimate of drug-likeness (QED) is 0.688. The molecular weight excluding hydrogens is 167 g/mol. The second-order valence-electron chi connectivity index (χ2n) is 2.22. The van der Waals surface area contributed by atoms with Crippen molar-refractivity contribution in [2.45, 2.75) is 12.7 Å². The third-order valence-corrected chi connectivity index (χ3v) is 1.33. The van der Waals surface area contributed by atoms with Crippen molar-refractivity contribution in [3.63, 3.8) is 0 Å². The standard InChI is InChI=1S/C8H6F3N/c9-8(10,11)7-3-1-6(5-12)2-4-7/h1,3H,5,12H2. The molecule has 1 nitrogen and oxygen atoms in total. The van der Waals surface area contributed by atoms with Crippen LogP contribution in [0.2, 0.25) is 0 Å². The van der Waals surface area contributed by atoms with E-state index in [1.54, 1.807) is 0 Å². The van der Waals surface area contributed by atoms with Crippen LogP contribution in [-0.4, -0.2) is 0 Å². The van der Waals surface area contributed by atoms with Crippen molar-refractivity contribution in [1.29, 1.82) is 0 Å². The fourth-order valence-corrected chi connectivity index (χ4v) is 0.699. The van der Waals surface area contributed by atoms with Crippen molar-refractivity contribution >= 4 is 0 Å². The maximum Gasteiger partial charge on any atom is 0.424 e. The highest BCUT2D eigenvalue weighted by molar-refractivity contribution is 5.17. The first-order chi connectivity index (χ1) is 5.54. The van der Waals surface area contributed by atoms with Gasteiger partial charge in [-0.1, -0.05) is 12.1 Å². The normalized spacial score (nSPS) is 11.0. The molecule has 0 atom stereocenters. The summed E-state index contributed by atoms with van der Waals surface area (Å²) >= 11 is 0. The van der Waals surface area contributed by atoms with Crippen LogP contribution < -0.4 is 5.73 Å². The van der Waals surface area contributed by atoms with E-state index in [1.165, 1.54) is 6.07 Å². The molecule has 1 aromatic rings. The Labute approximate surface area is 68.0 Å². The molecule has 0 aliphatic carbocycles. The molecule has 0 aliphatic rings. The summed E-state index contributed by atoms with van der Waals surface area (Å²) in [7, 11) is 0. The number of hydrogen-bond acceptors (Lipinski definition) is 1. The fourth-order valence-electron chi connectivity index (χ4n) is 0.699. The first-order valence-corrected chi connectivity index (χ1v) is 3.24. The van der Waals surface area contributed by atoms with Crippen molar-refractivity contribution in [2.24, 2.45) is 5.73 Å². The predicted octanol–water partition coefficient (Wildman–Crippen LogP) is 1.76. The predicted molar refractivity (Wildman–Crippen MR) is 37.0 cm³/mol. The largest absolute Gasteiger partial charge is 0.424 e. The summed E-state index contributed by atoms with van der Waals surface area (Å²) in [5.41, 5.74) is 4.87. The summed E-state index contributed by atoms with van der Waals surface area (Å²) < 4.78 is 35.8. The summed E-state index contributed by atoms with van der Waals surface area (Å²) in [4.78, 5) is 0. The zero-order valence-electron chi connectivity index (χ0n) is 6.07. The lowest BCUT2D eigenvalue weighted by Crippen LogP contribution is -2.04. The minimum absolute atomic E-state index is 0.175. The topological polar surface area (TPSA) is 26.0 Å². The van der Waals surface area contributed by atoms with Gasteiger partial charge in [-0.3, -0.25) is 0 Å². The average molecular weight is 173 g/mol. The zero-order chi connectivity index (χ0) is 9.19. The summed E-state index contributed by atoms with van der Waals surface area (Å²) in [6.45, 7) is 0.175. The second-order valence-corrected chi connectivity index (χ2v) is 2.22. The van der Waals surface area contributed by atoms with Gasteiger partial charge >= 0.3 is 6.18 Å². The molecule has 0 radical (unpaired) electrons. The first-order valence-electron chi connectivity index (χ1n) is 3.24. The van der Waals surface area contributed by atoms with E-state index < -0.39 is 11.7 Å². The molecule has 2 N–H and O–H groups in total. The molecule has 0 saturated heterocycles. The van der Waals surface area contributed by atoms with E-state index in [1.807, 2.05) is 6.07 Å². The van der Waals surface area contributed by atoms with Gasteiger partial charge in [0.25, 0.3) is 0 Å². The van der Waals surface area contributed by atoms with Crippen molar-refractivity contribution in [1.82, 2.24) is 0 Å². The van der Waals surface area contributed by atoms with Crippen molar-refractivity contribution < 1.29 is 13.2 Å². The third kappa shape index (κ3) is 1.89. The number of alkyl halides is 3. The molecule has 0 unspecified atom stereocenters. The lowest BCUT2D eigenvalue weighted by molar-refractivity contribution is -0.137. The van der Waals surface area contributed by atoms with Crippen LogP contribution in [0.15, 0.2) is 12.1 Å². The minimum Gasteiger partial charge on any atom is -0.326 e. The lowest BCUT2D eigenvalue weighted by atomic mass is 10.2. The summed E-state index contributed by atoms with van der Waals surface area (Å²) in [6.07, 6.45) is -4.34. The Bertz CT molecular complexity index is 250. The van der Waals surface area contributed by atoms with Crippen molar-refractivity contribution in [3.8, 4) is 0 Å². The van der Waals surface area contributed by atoms with Gasteiger partial charge in [-0.15, -0.1) is 0 Å². The van der Waals surface area contributed by atoms with Crippen LogP contribution in [0.1, 0.15) is 11.1 Å². The van der Waals surface area contributed by atoms with E-state index in [-0.39, 0.29) is 6.54 Å². The van der Waals surface area contributed by atoms with Crippen LogP contribution in [0.25, 0.3) is 0 Å². The molecule has 1 rings (SSSR count). The van der Waals surface area contributed by atoms with Gasteiger partial charge in [0.15, 0.2) is 0 Å². The van der Waals surface area contributed by atoms with Gasteiger partial charge in [0.1, 0.15) is 5.56 Å². The summed E-state index contributed by atoms with van der Waals surface area (Å²) in [6, 6.07) is 6.56. The highest BCUT2D eigenvalue weighted by Gasteiger charge is 2.30. The van der Waals surface area contributed by atoms with Gasteiger partial charge in [-0.2, -0.15) is 13.2 Å². The summed E-state index contributed by atoms with van der Waals surface area (Å²) in [5, 5.41) is 0. The van der Waals surface area contributed by atoms with Gasteiger partial charge in [0, 0.05) is 12.1 Å². The maximum atomic E-state index is 11.9. The molecule has 0 aromatic heterocycles. The summed E-state index contributed by atoms with van der Waals surface area (Å²) in [5.74, 6) is 0. The zero-order valence-corrected chi connectivity index (χ0v) is 6.07. The second kappa shape index (κ2) is 3.03. The van der Waals surface area contributed by atoms with Gasteiger partial charge in [0.05, 0.1) is 0 Å². The molecule has 64 valence electrons. The first kappa shape index (κ1) is 8.88. The molecule has 0 fully saturated rings. The highest BCUT2D eigenvalue weighted by Crippen LogP contribution is 2.27. The average Bonchev–Trinajstić information content (AvgIpc) is 2.03. The van der Waals surface area contributed by atoms with Crippen LogP contribution in [0.3, 0.4) is 0 Å². The van der Waals surface area contributed by atoms with E-state index in [9.17, 15) is 13.2 Å². The molecule has 0 bridgehead atoms. The third-order valence-electron chi connectivity index (χ3n) is 1.33. The van der Waals surface area contributed by atoms with Gasteiger partial charge in [0.2, 0.25) is 0 Å². The number of hydrogen-bond donors (Lipinski definition) is 1. The Kier molecular flexibility index (Phi) is 2.25. The molecular formula is C8H6F3N. The van der Waals surface area contributed by atoms with Crippen LogP contribution >= 0.6 is 0 Å². The molecule has 0 saturated carbocycles. The fraction of sp³-hybridized carbons (Fsp3) is 0.250. The van der Waals surface area contributed by atoms with Crippen molar-refractivity contribution in [3.05, 3.63) is 35.4 Å². The van der Waals surface area contributed by atoms with Crippen molar-refractivity contribution in [2.75, 3.05) is 0 Å². The minimum atomic E-state index is -4.34. The van der Waals surface area contributed by atoms with E-state index in [0.717, 1.165) is 6.07 Å². The van der Waals surface area contributed by atoms with Crippen LogP contribution in [0.4, 0.5) is 13.2 Å². The van der Waals surface area contributed by atoms with Gasteiger partial charge in [-0.25, -0.2) is 0 Å². The molecule has 12 heavy (non-hydrogen) atoms. The molecule has 0 aliphatic heterocycles. The Morgan fingerprint density at radius 2 is 1.92 bits per heavy atom. The molecule has 4 heteroatoms. The Morgan fingerprint density at radius 3 is 2.25 bits per heavy atom. The molecule has 1 aromatic carbocycles. The van der Waals surface area contributed by atoms with E-state index in [0.29, 0.717) is 5.56 Å². The Hall–Kier alpha value is -1.21. The SMILES string of the molecule is NCc1c#cc(C(F)(F)F)cc1. The molecule has 0 spiro atoms. The number of halogens is 3. The van der Waals surface area contributed by atoms with Crippen LogP contribution in [0.5, 0.6) is 0 Å². The highest BCUT2D eigenvalue weighted by atomic mass is 19.4. The lowest BCUT2D eigenvalue weighted by Gasteiger charge is -2.02. The molecule has 0 heterocycles. The number of rotatable bonds is 1. The van der Waals surface area contributed by atoms with Gasteiger partial charge in [-0.05, 0) is 12.1 Å². The van der Waals surface area contributed by atoms with E-state index >= 15 is 0 Å². The van der Waals surface area contributed by atoms with Crippen LogP contribution in [0, 0.1) is 12.1 Å². The molecule has 0 amide bonds. The van der Waals surface area contributed by atoms with Gasteiger partial charge < -0.3 is 5.73 Å².